The fraction of sp³-hybridized carbons (Fsp3) is 0.667. The minimum atomic E-state index is -0.771. The number of hydroxylamine groups is 1. The summed E-state index contributed by atoms with van der Waals surface area (Å²) in [7, 11) is 8.32. The van der Waals surface area contributed by atoms with Crippen molar-refractivity contribution in [2.24, 2.45) is 23.2 Å². The minimum absolute atomic E-state index is 0.00732. The zero-order valence-electron chi connectivity index (χ0n) is 19.9. The zero-order valence-corrected chi connectivity index (χ0v) is 19.9. The number of likely N-dealkylation sites (tertiary alicyclic amines) is 1. The highest BCUT2D eigenvalue weighted by atomic mass is 16.7. The second-order valence-electron chi connectivity index (χ2n) is 9.12. The van der Waals surface area contributed by atoms with Gasteiger partial charge < -0.3 is 23.8 Å². The molecule has 9 heteroatoms. The minimum Gasteiger partial charge on any atom is -0.359 e. The number of rotatable bonds is 10. The number of methoxy groups -OCH3 is 3. The van der Waals surface area contributed by atoms with Gasteiger partial charge in [-0.25, -0.2) is 0 Å². The van der Waals surface area contributed by atoms with Crippen molar-refractivity contribution in [2.45, 2.75) is 24.7 Å². The molecular weight excluding hydrogens is 426 g/mol. The normalized spacial score (nSPS) is 33.2. The summed E-state index contributed by atoms with van der Waals surface area (Å²) in [6.45, 7) is 1.16. The van der Waals surface area contributed by atoms with Crippen molar-refractivity contribution in [1.29, 1.82) is 5.26 Å². The average molecular weight is 460 g/mol. The Bertz CT molecular complexity index is 902. The van der Waals surface area contributed by atoms with Crippen LogP contribution >= 0.6 is 0 Å². The van der Waals surface area contributed by atoms with Crippen molar-refractivity contribution >= 4 is 11.6 Å². The first-order valence-corrected chi connectivity index (χ1v) is 11.2. The van der Waals surface area contributed by atoms with Crippen molar-refractivity contribution in [3.05, 3.63) is 29.8 Å². The Labute approximate surface area is 195 Å². The molecule has 4 unspecified atom stereocenters. The van der Waals surface area contributed by atoms with Gasteiger partial charge in [-0.05, 0) is 24.6 Å². The number of benzene rings is 1. The predicted octanol–water partition coefficient (Wildman–Crippen LogP) is 1.99. The van der Waals surface area contributed by atoms with Gasteiger partial charge in [0, 0.05) is 52.2 Å². The van der Waals surface area contributed by atoms with E-state index in [1.165, 1.54) is 12.2 Å². The van der Waals surface area contributed by atoms with E-state index in [2.05, 4.69) is 11.0 Å². The second-order valence-corrected chi connectivity index (χ2v) is 9.12. The number of nitrogens with zero attached hydrogens (tertiary/aromatic N) is 3. The van der Waals surface area contributed by atoms with Gasteiger partial charge in [0.2, 0.25) is 0 Å². The SMILES string of the molecule is COCOCC1C2[C@H]([C@@H]3C(=O)N(OC)c4ccccc43)C(C#N)(CN2C)C1CC(OC)OC. The fourth-order valence-electron chi connectivity index (χ4n) is 6.68. The highest BCUT2D eigenvalue weighted by Gasteiger charge is 2.70. The molecule has 1 saturated carbocycles. The molecule has 3 aliphatic rings. The molecule has 1 saturated heterocycles. The number of carbonyl (C=O) groups is 1. The van der Waals surface area contributed by atoms with Crippen molar-refractivity contribution in [2.75, 3.05) is 60.5 Å². The summed E-state index contributed by atoms with van der Waals surface area (Å²) in [5, 5.41) is 12.0. The van der Waals surface area contributed by atoms with Gasteiger partial charge in [-0.1, -0.05) is 18.2 Å². The highest BCUT2D eigenvalue weighted by molar-refractivity contribution is 6.03. The molecule has 2 heterocycles. The highest BCUT2D eigenvalue weighted by Crippen LogP contribution is 2.65. The third-order valence-corrected chi connectivity index (χ3v) is 7.79. The summed E-state index contributed by atoms with van der Waals surface area (Å²) < 4.78 is 22.0. The molecule has 4 rings (SSSR count). The van der Waals surface area contributed by atoms with Crippen LogP contribution in [-0.2, 0) is 28.6 Å². The van der Waals surface area contributed by atoms with Gasteiger partial charge >= 0.3 is 0 Å². The Balaban J connectivity index is 1.80. The molecule has 0 N–H and O–H groups in total. The maximum atomic E-state index is 13.6. The molecule has 0 radical (unpaired) electrons. The molecule has 180 valence electrons. The van der Waals surface area contributed by atoms with Crippen molar-refractivity contribution in [3.63, 3.8) is 0 Å². The summed E-state index contributed by atoms with van der Waals surface area (Å²) in [5.41, 5.74) is 0.876. The van der Waals surface area contributed by atoms with Crippen LogP contribution in [0.25, 0.3) is 0 Å². The van der Waals surface area contributed by atoms with Crippen LogP contribution in [0.5, 0.6) is 0 Å². The number of nitriles is 1. The van der Waals surface area contributed by atoms with E-state index in [-0.39, 0.29) is 36.5 Å². The van der Waals surface area contributed by atoms with Gasteiger partial charge in [0.05, 0.1) is 36.8 Å². The molecule has 1 aromatic rings. The van der Waals surface area contributed by atoms with E-state index < -0.39 is 17.6 Å². The maximum Gasteiger partial charge on any atom is 0.258 e. The summed E-state index contributed by atoms with van der Waals surface area (Å²) >= 11 is 0. The molecule has 0 aromatic heterocycles. The molecule has 1 aliphatic carbocycles. The number of piperidine rings is 1. The van der Waals surface area contributed by atoms with Gasteiger partial charge in [0.25, 0.3) is 5.91 Å². The molecule has 2 aliphatic heterocycles. The van der Waals surface area contributed by atoms with E-state index >= 15 is 0 Å². The summed E-state index contributed by atoms with van der Waals surface area (Å²) in [6, 6.07) is 10.3. The number of fused-ring (bicyclic) bond motifs is 3. The van der Waals surface area contributed by atoms with Crippen LogP contribution < -0.4 is 5.06 Å². The average Bonchev–Trinajstić information content (AvgIpc) is 3.37. The maximum absolute atomic E-state index is 13.6. The van der Waals surface area contributed by atoms with E-state index in [0.717, 1.165) is 11.3 Å². The van der Waals surface area contributed by atoms with Gasteiger partial charge in [-0.15, -0.1) is 0 Å². The number of para-hydroxylation sites is 1. The van der Waals surface area contributed by atoms with Crippen LogP contribution in [-0.4, -0.2) is 78.6 Å². The van der Waals surface area contributed by atoms with E-state index in [9.17, 15) is 10.1 Å². The summed E-state index contributed by atoms with van der Waals surface area (Å²) in [4.78, 5) is 21.3. The van der Waals surface area contributed by atoms with Crippen LogP contribution in [0.3, 0.4) is 0 Å². The Morgan fingerprint density at radius 1 is 1.21 bits per heavy atom. The smallest absolute Gasteiger partial charge is 0.258 e. The predicted molar refractivity (Wildman–Crippen MR) is 119 cm³/mol. The van der Waals surface area contributed by atoms with Crippen molar-refractivity contribution in [3.8, 4) is 6.07 Å². The van der Waals surface area contributed by atoms with Crippen LogP contribution in [0.4, 0.5) is 5.69 Å². The van der Waals surface area contributed by atoms with Crippen LogP contribution in [0.2, 0.25) is 0 Å². The molecule has 9 nitrogen and oxygen atoms in total. The molecule has 1 amide bonds. The fourth-order valence-corrected chi connectivity index (χ4v) is 6.68. The Hall–Kier alpha value is -2.06. The number of hydrogen-bond donors (Lipinski definition) is 0. The van der Waals surface area contributed by atoms with Gasteiger partial charge in [-0.3, -0.25) is 9.63 Å². The number of carbonyl (C=O) groups excluding carboxylic acids is 1. The van der Waals surface area contributed by atoms with E-state index in [4.69, 9.17) is 23.8 Å². The molecule has 33 heavy (non-hydrogen) atoms. The molecule has 6 atom stereocenters. The summed E-state index contributed by atoms with van der Waals surface area (Å²) in [6.07, 6.45) is 0.0939. The monoisotopic (exact) mass is 459 g/mol. The zero-order chi connectivity index (χ0) is 23.8. The lowest BCUT2D eigenvalue weighted by Crippen LogP contribution is -2.47. The Morgan fingerprint density at radius 2 is 1.94 bits per heavy atom. The molecule has 2 bridgehead atoms. The second kappa shape index (κ2) is 9.66. The Morgan fingerprint density at radius 3 is 2.58 bits per heavy atom. The van der Waals surface area contributed by atoms with Crippen LogP contribution in [0.1, 0.15) is 17.9 Å². The van der Waals surface area contributed by atoms with Gasteiger partial charge in [-0.2, -0.15) is 10.3 Å². The topological polar surface area (TPSA) is 93.5 Å². The third-order valence-electron chi connectivity index (χ3n) is 7.79. The lowest BCUT2D eigenvalue weighted by molar-refractivity contribution is -0.132. The standard InChI is InChI=1S/C24H33N3O6/c1-26-13-24(12-25)17(10-19(30-3)31-4)16(11-33-14-29-2)22(26)21(24)20-15-8-6-7-9-18(15)27(32-5)23(20)28/h6-9,16-17,19-22H,10-11,13-14H2,1-5H3/t16?,17?,20-,21+,22?,24?/m1/s1. The lowest BCUT2D eigenvalue weighted by atomic mass is 9.66. The third kappa shape index (κ3) is 3.66. The molecule has 2 fully saturated rings. The van der Waals surface area contributed by atoms with E-state index in [1.807, 2.05) is 31.3 Å². The van der Waals surface area contributed by atoms with E-state index in [0.29, 0.717) is 19.6 Å². The van der Waals surface area contributed by atoms with Crippen LogP contribution in [0, 0.1) is 34.5 Å². The number of hydrogen-bond acceptors (Lipinski definition) is 8. The van der Waals surface area contributed by atoms with Crippen molar-refractivity contribution in [1.82, 2.24) is 4.90 Å². The van der Waals surface area contributed by atoms with E-state index in [1.54, 1.807) is 21.3 Å². The number of amides is 1. The summed E-state index contributed by atoms with van der Waals surface area (Å²) in [5.74, 6) is -0.901. The molecule has 0 spiro atoms. The largest absolute Gasteiger partial charge is 0.359 e. The quantitative estimate of drug-likeness (QED) is 0.387. The molecular formula is C24H33N3O6. The first kappa shape index (κ1) is 24.1. The van der Waals surface area contributed by atoms with Gasteiger partial charge in [0.1, 0.15) is 6.79 Å². The number of ether oxygens (including phenoxy) is 4. The first-order chi connectivity index (χ1) is 16.0. The number of anilines is 1. The van der Waals surface area contributed by atoms with Crippen LogP contribution in [0.15, 0.2) is 24.3 Å². The Kier molecular flexibility index (Phi) is 7.05. The molecule has 1 aromatic carbocycles. The van der Waals surface area contributed by atoms with Gasteiger partial charge in [0.15, 0.2) is 6.29 Å². The van der Waals surface area contributed by atoms with Crippen molar-refractivity contribution < 1.29 is 28.6 Å². The first-order valence-electron chi connectivity index (χ1n) is 11.2. The lowest BCUT2D eigenvalue weighted by Gasteiger charge is -2.40.